The minimum absolute atomic E-state index is 0.00769. The second-order valence-electron chi connectivity index (χ2n) is 4.95. The van der Waals surface area contributed by atoms with Crippen LogP contribution in [-0.2, 0) is 9.59 Å². The van der Waals surface area contributed by atoms with Crippen LogP contribution in [0.1, 0.15) is 19.8 Å². The minimum atomic E-state index is -0.189. The van der Waals surface area contributed by atoms with Crippen molar-refractivity contribution in [3.63, 3.8) is 0 Å². The van der Waals surface area contributed by atoms with Crippen LogP contribution in [0.4, 0.5) is 5.69 Å². The van der Waals surface area contributed by atoms with Crippen LogP contribution in [0.25, 0.3) is 0 Å². The fourth-order valence-corrected chi connectivity index (χ4v) is 2.87. The van der Waals surface area contributed by atoms with Crippen LogP contribution in [0.15, 0.2) is 18.2 Å². The number of nitrogens with one attached hydrogen (secondary N) is 1. The smallest absolute Gasteiger partial charge is 0.229 e. The zero-order valence-electron chi connectivity index (χ0n) is 11.2. The second-order valence-corrected chi connectivity index (χ2v) is 5.82. The highest BCUT2D eigenvalue weighted by Gasteiger charge is 2.27. The number of anilines is 1. The predicted molar refractivity (Wildman–Crippen MR) is 80.1 cm³/mol. The monoisotopic (exact) mass is 314 g/mol. The van der Waals surface area contributed by atoms with E-state index in [2.05, 4.69) is 5.32 Å². The quantitative estimate of drug-likeness (QED) is 0.911. The molecule has 1 aromatic carbocycles. The number of carbonyl (C=O) groups excluding carboxylic acids is 2. The Balaban J connectivity index is 2.02. The summed E-state index contributed by atoms with van der Waals surface area (Å²) in [5.74, 6) is -0.284. The molecule has 2 amide bonds. The van der Waals surface area contributed by atoms with Gasteiger partial charge in [-0.2, -0.15) is 0 Å². The van der Waals surface area contributed by atoms with Gasteiger partial charge in [0, 0.05) is 35.7 Å². The molecule has 1 saturated heterocycles. The van der Waals surface area contributed by atoms with Crippen molar-refractivity contribution in [2.24, 2.45) is 5.92 Å². The lowest BCUT2D eigenvalue weighted by atomic mass is 9.97. The van der Waals surface area contributed by atoms with Crippen molar-refractivity contribution in [2.75, 3.05) is 18.4 Å². The molecule has 0 aromatic heterocycles. The maximum absolute atomic E-state index is 12.2. The van der Waals surface area contributed by atoms with Gasteiger partial charge in [-0.1, -0.05) is 23.2 Å². The summed E-state index contributed by atoms with van der Waals surface area (Å²) < 4.78 is 0. The SMILES string of the molecule is CC(=O)N1CCCC(C(=O)Nc2cc(Cl)cc(Cl)c2)C1. The van der Waals surface area contributed by atoms with Crippen molar-refractivity contribution in [1.29, 1.82) is 0 Å². The van der Waals surface area contributed by atoms with E-state index in [0.29, 0.717) is 22.3 Å². The zero-order chi connectivity index (χ0) is 14.7. The van der Waals surface area contributed by atoms with Crippen molar-refractivity contribution >= 4 is 40.7 Å². The first kappa shape index (κ1) is 15.1. The van der Waals surface area contributed by atoms with Gasteiger partial charge in [-0.25, -0.2) is 0 Å². The minimum Gasteiger partial charge on any atom is -0.342 e. The molecular formula is C14H16Cl2N2O2. The molecule has 0 saturated carbocycles. The lowest BCUT2D eigenvalue weighted by Gasteiger charge is -2.31. The molecule has 1 aliphatic rings. The lowest BCUT2D eigenvalue weighted by molar-refractivity contribution is -0.132. The number of nitrogens with zero attached hydrogens (tertiary/aromatic N) is 1. The topological polar surface area (TPSA) is 49.4 Å². The van der Waals surface area contributed by atoms with E-state index in [1.807, 2.05) is 0 Å². The second kappa shape index (κ2) is 6.46. The molecule has 20 heavy (non-hydrogen) atoms. The Bertz CT molecular complexity index is 514. The van der Waals surface area contributed by atoms with Crippen LogP contribution in [-0.4, -0.2) is 29.8 Å². The molecule has 108 valence electrons. The third kappa shape index (κ3) is 3.87. The molecule has 0 aliphatic carbocycles. The average molecular weight is 315 g/mol. The number of hydrogen-bond acceptors (Lipinski definition) is 2. The summed E-state index contributed by atoms with van der Waals surface area (Å²) in [5.41, 5.74) is 0.576. The zero-order valence-corrected chi connectivity index (χ0v) is 12.7. The molecular weight excluding hydrogens is 299 g/mol. The average Bonchev–Trinajstić information content (AvgIpc) is 2.37. The van der Waals surface area contributed by atoms with E-state index in [-0.39, 0.29) is 17.7 Å². The molecule has 1 fully saturated rings. The first-order valence-corrected chi connectivity index (χ1v) is 7.24. The lowest BCUT2D eigenvalue weighted by Crippen LogP contribution is -2.42. The Morgan fingerprint density at radius 1 is 1.25 bits per heavy atom. The molecule has 6 heteroatoms. The molecule has 1 aliphatic heterocycles. The Morgan fingerprint density at radius 2 is 1.90 bits per heavy atom. The standard InChI is InChI=1S/C14H16Cl2N2O2/c1-9(19)18-4-2-3-10(8-18)14(20)17-13-6-11(15)5-12(16)7-13/h5-7,10H,2-4,8H2,1H3,(H,17,20). The maximum atomic E-state index is 12.2. The van der Waals surface area contributed by atoms with Crippen molar-refractivity contribution < 1.29 is 9.59 Å². The van der Waals surface area contributed by atoms with Crippen LogP contribution in [0.3, 0.4) is 0 Å². The van der Waals surface area contributed by atoms with E-state index in [9.17, 15) is 9.59 Å². The maximum Gasteiger partial charge on any atom is 0.229 e. The van der Waals surface area contributed by atoms with Gasteiger partial charge >= 0.3 is 0 Å². The number of benzene rings is 1. The summed E-state index contributed by atoms with van der Waals surface area (Å²) in [6.07, 6.45) is 1.62. The molecule has 1 atom stereocenters. The summed E-state index contributed by atoms with van der Waals surface area (Å²) in [5, 5.41) is 3.75. The van der Waals surface area contributed by atoms with Gasteiger partial charge in [0.25, 0.3) is 0 Å². The van der Waals surface area contributed by atoms with Gasteiger partial charge in [-0.15, -0.1) is 0 Å². The van der Waals surface area contributed by atoms with E-state index in [4.69, 9.17) is 23.2 Å². The number of piperidine rings is 1. The van der Waals surface area contributed by atoms with E-state index in [1.165, 1.54) is 6.92 Å². The number of likely N-dealkylation sites (tertiary alicyclic amines) is 1. The van der Waals surface area contributed by atoms with E-state index >= 15 is 0 Å². The summed E-state index contributed by atoms with van der Waals surface area (Å²) in [6.45, 7) is 2.72. The summed E-state index contributed by atoms with van der Waals surface area (Å²) in [4.78, 5) is 25.3. The van der Waals surface area contributed by atoms with E-state index in [0.717, 1.165) is 19.4 Å². The van der Waals surface area contributed by atoms with Gasteiger partial charge in [0.2, 0.25) is 11.8 Å². The van der Waals surface area contributed by atoms with Gasteiger partial charge in [0.1, 0.15) is 0 Å². The number of halogens is 2. The highest BCUT2D eigenvalue weighted by molar-refractivity contribution is 6.35. The number of amides is 2. The van der Waals surface area contributed by atoms with Crippen LogP contribution >= 0.6 is 23.2 Å². The molecule has 0 spiro atoms. The molecule has 1 unspecified atom stereocenters. The van der Waals surface area contributed by atoms with Crippen molar-refractivity contribution in [3.05, 3.63) is 28.2 Å². The molecule has 0 bridgehead atoms. The Kier molecular flexibility index (Phi) is 4.89. The van der Waals surface area contributed by atoms with Gasteiger partial charge in [0.05, 0.1) is 5.92 Å². The van der Waals surface area contributed by atoms with Crippen molar-refractivity contribution in [1.82, 2.24) is 4.90 Å². The third-order valence-corrected chi connectivity index (χ3v) is 3.80. The number of hydrogen-bond donors (Lipinski definition) is 1. The predicted octanol–water partition coefficient (Wildman–Crippen LogP) is 3.19. The summed E-state index contributed by atoms with van der Waals surface area (Å²) in [6, 6.07) is 4.91. The Morgan fingerprint density at radius 3 is 2.50 bits per heavy atom. The first-order valence-electron chi connectivity index (χ1n) is 6.48. The van der Waals surface area contributed by atoms with Gasteiger partial charge < -0.3 is 10.2 Å². The van der Waals surface area contributed by atoms with Crippen molar-refractivity contribution in [3.8, 4) is 0 Å². The fraction of sp³-hybridized carbons (Fsp3) is 0.429. The highest BCUT2D eigenvalue weighted by atomic mass is 35.5. The van der Waals surface area contributed by atoms with E-state index in [1.54, 1.807) is 23.1 Å². The Hall–Kier alpha value is -1.26. The number of carbonyl (C=O) groups is 2. The summed E-state index contributed by atoms with van der Waals surface area (Å²) >= 11 is 11.8. The largest absolute Gasteiger partial charge is 0.342 e. The molecule has 1 heterocycles. The van der Waals surface area contributed by atoms with E-state index < -0.39 is 0 Å². The van der Waals surface area contributed by atoms with Crippen LogP contribution in [0.5, 0.6) is 0 Å². The summed E-state index contributed by atoms with van der Waals surface area (Å²) in [7, 11) is 0. The molecule has 0 radical (unpaired) electrons. The normalized spacial score (nSPS) is 18.8. The first-order chi connectivity index (χ1) is 9.45. The third-order valence-electron chi connectivity index (χ3n) is 3.37. The Labute approximate surface area is 128 Å². The van der Waals surface area contributed by atoms with Gasteiger partial charge in [-0.3, -0.25) is 9.59 Å². The van der Waals surface area contributed by atoms with Gasteiger partial charge in [0.15, 0.2) is 0 Å². The molecule has 4 nitrogen and oxygen atoms in total. The van der Waals surface area contributed by atoms with Crippen molar-refractivity contribution in [2.45, 2.75) is 19.8 Å². The highest BCUT2D eigenvalue weighted by Crippen LogP contribution is 2.24. The van der Waals surface area contributed by atoms with Gasteiger partial charge in [-0.05, 0) is 31.0 Å². The fourth-order valence-electron chi connectivity index (χ4n) is 2.35. The van der Waals surface area contributed by atoms with Crippen LogP contribution in [0.2, 0.25) is 10.0 Å². The van der Waals surface area contributed by atoms with Crippen LogP contribution < -0.4 is 5.32 Å². The molecule has 2 rings (SSSR count). The molecule has 1 N–H and O–H groups in total. The number of rotatable bonds is 2. The molecule has 1 aromatic rings. The van der Waals surface area contributed by atoms with Crippen LogP contribution in [0, 0.1) is 5.92 Å².